The third-order valence-corrected chi connectivity index (χ3v) is 5.13. The molecule has 3 atom stereocenters. The van der Waals surface area contributed by atoms with Crippen LogP contribution in [0.25, 0.3) is 0 Å². The zero-order chi connectivity index (χ0) is 18.9. The van der Waals surface area contributed by atoms with E-state index in [4.69, 9.17) is 4.74 Å². The van der Waals surface area contributed by atoms with Crippen LogP contribution in [-0.4, -0.2) is 27.0 Å². The van der Waals surface area contributed by atoms with Crippen molar-refractivity contribution in [1.29, 1.82) is 0 Å². The molecule has 0 bridgehead atoms. The van der Waals surface area contributed by atoms with Gasteiger partial charge >= 0.3 is 6.09 Å². The molecule has 0 spiro atoms. The SMILES string of the molecule is CCCCCCC(CC(C)C(CC)C(C)(C)C)OC(=O)n1cncn1. The zero-order valence-electron chi connectivity index (χ0n) is 17.0. The first-order chi connectivity index (χ1) is 11.8. The molecule has 144 valence electrons. The number of nitrogens with zero attached hydrogens (tertiary/aromatic N) is 3. The van der Waals surface area contributed by atoms with E-state index in [1.165, 1.54) is 36.6 Å². The van der Waals surface area contributed by atoms with Crippen LogP contribution in [0.15, 0.2) is 12.7 Å². The van der Waals surface area contributed by atoms with E-state index in [0.717, 1.165) is 25.7 Å². The minimum Gasteiger partial charge on any atom is -0.445 e. The standard InChI is InChI=1S/C20H37N3O2/c1-7-9-10-11-12-17(25-19(24)23-15-21-14-22-23)13-16(3)18(8-2)20(4,5)6/h14-18H,7-13H2,1-6H3. The molecule has 0 aliphatic heterocycles. The first-order valence-corrected chi connectivity index (χ1v) is 9.85. The molecule has 1 rings (SSSR count). The van der Waals surface area contributed by atoms with Crippen LogP contribution in [0.1, 0.15) is 86.5 Å². The van der Waals surface area contributed by atoms with Gasteiger partial charge in [-0.05, 0) is 36.5 Å². The summed E-state index contributed by atoms with van der Waals surface area (Å²) >= 11 is 0. The molecule has 5 nitrogen and oxygen atoms in total. The van der Waals surface area contributed by atoms with Gasteiger partial charge in [-0.25, -0.2) is 9.78 Å². The van der Waals surface area contributed by atoms with Gasteiger partial charge in [-0.3, -0.25) is 0 Å². The Morgan fingerprint density at radius 1 is 1.20 bits per heavy atom. The van der Waals surface area contributed by atoms with Crippen LogP contribution in [0.3, 0.4) is 0 Å². The number of carbonyl (C=O) groups is 1. The van der Waals surface area contributed by atoms with Crippen LogP contribution in [0.2, 0.25) is 0 Å². The maximum absolute atomic E-state index is 12.3. The van der Waals surface area contributed by atoms with E-state index >= 15 is 0 Å². The Labute approximate surface area is 153 Å². The lowest BCUT2D eigenvalue weighted by atomic mass is 9.70. The highest BCUT2D eigenvalue weighted by atomic mass is 16.6. The highest BCUT2D eigenvalue weighted by Gasteiger charge is 2.30. The Morgan fingerprint density at radius 2 is 1.92 bits per heavy atom. The molecule has 0 aliphatic carbocycles. The van der Waals surface area contributed by atoms with Crippen molar-refractivity contribution < 1.29 is 9.53 Å². The van der Waals surface area contributed by atoms with Gasteiger partial charge in [0, 0.05) is 0 Å². The number of rotatable bonds is 10. The average molecular weight is 352 g/mol. The summed E-state index contributed by atoms with van der Waals surface area (Å²) in [5.41, 5.74) is 0.261. The fraction of sp³-hybridized carbons (Fsp3) is 0.850. The lowest BCUT2D eigenvalue weighted by molar-refractivity contribution is 0.0544. The Balaban J connectivity index is 2.70. The van der Waals surface area contributed by atoms with Crippen molar-refractivity contribution in [3.63, 3.8) is 0 Å². The molecule has 0 radical (unpaired) electrons. The van der Waals surface area contributed by atoms with Crippen molar-refractivity contribution in [3.8, 4) is 0 Å². The molecular weight excluding hydrogens is 314 g/mol. The molecule has 0 saturated heterocycles. The summed E-state index contributed by atoms with van der Waals surface area (Å²) in [5, 5.41) is 3.88. The Hall–Kier alpha value is -1.39. The number of aromatic nitrogens is 3. The van der Waals surface area contributed by atoms with Crippen LogP contribution in [0, 0.1) is 17.3 Å². The molecule has 3 unspecified atom stereocenters. The molecule has 0 aliphatic rings. The topological polar surface area (TPSA) is 57.0 Å². The van der Waals surface area contributed by atoms with Crippen molar-refractivity contribution in [3.05, 3.63) is 12.7 Å². The maximum Gasteiger partial charge on any atom is 0.436 e. The molecule has 1 aromatic rings. The number of ether oxygens (including phenoxy) is 1. The summed E-state index contributed by atoms with van der Waals surface area (Å²) in [7, 11) is 0. The van der Waals surface area contributed by atoms with E-state index in [1.807, 2.05) is 0 Å². The van der Waals surface area contributed by atoms with Gasteiger partial charge in [-0.1, -0.05) is 67.2 Å². The van der Waals surface area contributed by atoms with E-state index in [0.29, 0.717) is 11.8 Å². The van der Waals surface area contributed by atoms with E-state index in [9.17, 15) is 4.79 Å². The number of hydrogen-bond donors (Lipinski definition) is 0. The van der Waals surface area contributed by atoms with Crippen LogP contribution < -0.4 is 0 Å². The van der Waals surface area contributed by atoms with Gasteiger partial charge in [0.25, 0.3) is 0 Å². The third kappa shape index (κ3) is 7.57. The van der Waals surface area contributed by atoms with Gasteiger partial charge in [0.05, 0.1) is 0 Å². The van der Waals surface area contributed by atoms with Gasteiger partial charge < -0.3 is 4.74 Å². The molecule has 25 heavy (non-hydrogen) atoms. The Morgan fingerprint density at radius 3 is 2.44 bits per heavy atom. The summed E-state index contributed by atoms with van der Waals surface area (Å²) in [6.45, 7) is 13.7. The minimum absolute atomic E-state index is 0.0556. The Kier molecular flexibility index (Phi) is 9.15. The van der Waals surface area contributed by atoms with Gasteiger partial charge in [-0.2, -0.15) is 4.68 Å². The molecule has 0 aromatic carbocycles. The first kappa shape index (κ1) is 21.7. The highest BCUT2D eigenvalue weighted by molar-refractivity contribution is 5.68. The molecule has 1 heterocycles. The van der Waals surface area contributed by atoms with Crippen LogP contribution in [0.5, 0.6) is 0 Å². The van der Waals surface area contributed by atoms with E-state index in [2.05, 4.69) is 51.6 Å². The summed E-state index contributed by atoms with van der Waals surface area (Å²) in [4.78, 5) is 16.1. The average Bonchev–Trinajstić information content (AvgIpc) is 3.05. The van der Waals surface area contributed by atoms with Crippen molar-refractivity contribution in [2.45, 2.75) is 92.6 Å². The van der Waals surface area contributed by atoms with E-state index < -0.39 is 6.09 Å². The summed E-state index contributed by atoms with van der Waals surface area (Å²) in [6.07, 6.45) is 9.98. The lowest BCUT2D eigenvalue weighted by Crippen LogP contribution is -2.31. The monoisotopic (exact) mass is 351 g/mol. The van der Waals surface area contributed by atoms with Crippen molar-refractivity contribution in [2.75, 3.05) is 0 Å². The van der Waals surface area contributed by atoms with Gasteiger partial charge in [0.1, 0.15) is 18.8 Å². The second-order valence-electron chi connectivity index (χ2n) is 8.29. The molecule has 0 amide bonds. The Bertz CT molecular complexity index is 480. The van der Waals surface area contributed by atoms with Crippen molar-refractivity contribution in [2.24, 2.45) is 17.3 Å². The molecular formula is C20H37N3O2. The summed E-state index contributed by atoms with van der Waals surface area (Å²) < 4.78 is 6.95. The van der Waals surface area contributed by atoms with Gasteiger partial charge in [0.2, 0.25) is 0 Å². The minimum atomic E-state index is -0.422. The lowest BCUT2D eigenvalue weighted by Gasteiger charge is -2.36. The molecule has 0 N–H and O–H groups in total. The molecule has 0 fully saturated rings. The van der Waals surface area contributed by atoms with Crippen LogP contribution in [-0.2, 0) is 4.74 Å². The number of hydrogen-bond acceptors (Lipinski definition) is 4. The molecule has 1 aromatic heterocycles. The second kappa shape index (κ2) is 10.6. The summed E-state index contributed by atoms with van der Waals surface area (Å²) in [5.74, 6) is 1.11. The fourth-order valence-corrected chi connectivity index (χ4v) is 3.97. The van der Waals surface area contributed by atoms with E-state index in [-0.39, 0.29) is 11.5 Å². The fourth-order valence-electron chi connectivity index (χ4n) is 3.97. The normalized spacial score (nSPS) is 15.6. The largest absolute Gasteiger partial charge is 0.445 e. The first-order valence-electron chi connectivity index (χ1n) is 9.85. The molecule has 0 saturated carbocycles. The predicted octanol–water partition coefficient (Wildman–Crippen LogP) is 5.70. The van der Waals surface area contributed by atoms with Gasteiger partial charge in [-0.15, -0.1) is 5.10 Å². The van der Waals surface area contributed by atoms with Gasteiger partial charge in [0.15, 0.2) is 0 Å². The predicted molar refractivity (Wildman–Crippen MR) is 101 cm³/mol. The maximum atomic E-state index is 12.3. The smallest absolute Gasteiger partial charge is 0.436 e. The zero-order valence-corrected chi connectivity index (χ0v) is 17.0. The van der Waals surface area contributed by atoms with Crippen LogP contribution >= 0.6 is 0 Å². The number of carbonyl (C=O) groups excluding carboxylic acids is 1. The quantitative estimate of drug-likeness (QED) is 0.507. The molecule has 5 heteroatoms. The third-order valence-electron chi connectivity index (χ3n) is 5.13. The summed E-state index contributed by atoms with van der Waals surface area (Å²) in [6, 6.07) is 0. The van der Waals surface area contributed by atoms with Crippen LogP contribution in [0.4, 0.5) is 4.79 Å². The second-order valence-corrected chi connectivity index (χ2v) is 8.29. The number of unbranched alkanes of at least 4 members (excludes halogenated alkanes) is 3. The van der Waals surface area contributed by atoms with E-state index in [1.54, 1.807) is 0 Å². The van der Waals surface area contributed by atoms with Crippen molar-refractivity contribution >= 4 is 6.09 Å². The highest BCUT2D eigenvalue weighted by Crippen LogP contribution is 2.37. The van der Waals surface area contributed by atoms with Crippen molar-refractivity contribution in [1.82, 2.24) is 14.8 Å².